The van der Waals surface area contributed by atoms with Crippen LogP contribution in [0.25, 0.3) is 0 Å². The van der Waals surface area contributed by atoms with Crippen LogP contribution in [0.15, 0.2) is 0 Å². The highest BCUT2D eigenvalue weighted by Crippen LogP contribution is 2.27. The Balaban J connectivity index is 2.75. The molecule has 1 rings (SSSR count). The molecule has 116 valence electrons. The fourth-order valence-electron chi connectivity index (χ4n) is 3.10. The Morgan fingerprint density at radius 2 is 1.80 bits per heavy atom. The monoisotopic (exact) mass is 284 g/mol. The molecule has 1 fully saturated rings. The minimum absolute atomic E-state index is 0.212. The van der Waals surface area contributed by atoms with E-state index in [4.69, 9.17) is 0 Å². The number of hydrogen-bond acceptors (Lipinski definition) is 2. The number of urea groups is 1. The van der Waals surface area contributed by atoms with Crippen molar-refractivity contribution >= 4 is 12.0 Å². The van der Waals surface area contributed by atoms with E-state index in [0.29, 0.717) is 18.8 Å². The number of carbonyl (C=O) groups excluding carboxylic acids is 1. The summed E-state index contributed by atoms with van der Waals surface area (Å²) >= 11 is 0. The van der Waals surface area contributed by atoms with E-state index in [-0.39, 0.29) is 12.1 Å². The van der Waals surface area contributed by atoms with E-state index < -0.39 is 11.5 Å². The van der Waals surface area contributed by atoms with Crippen molar-refractivity contribution in [1.29, 1.82) is 0 Å². The van der Waals surface area contributed by atoms with Crippen molar-refractivity contribution in [3.63, 3.8) is 0 Å². The topological polar surface area (TPSA) is 69.6 Å². The first-order chi connectivity index (χ1) is 9.38. The summed E-state index contributed by atoms with van der Waals surface area (Å²) in [6, 6.07) is -0.0567. The molecule has 0 aromatic rings. The van der Waals surface area contributed by atoms with Gasteiger partial charge in [-0.3, -0.25) is 0 Å². The summed E-state index contributed by atoms with van der Waals surface area (Å²) in [7, 11) is 1.78. The third-order valence-corrected chi connectivity index (χ3v) is 4.85. The second kappa shape index (κ2) is 6.95. The van der Waals surface area contributed by atoms with Crippen LogP contribution in [0, 0.1) is 5.92 Å². The standard InChI is InChI=1S/C15H28N2O3/c1-5-15(6-2,13(18)19)16-14(20)17(4)12-10-8-7-9-11(12)3/h11-12H,5-10H2,1-4H3,(H,16,20)(H,18,19). The number of carbonyl (C=O) groups is 2. The lowest BCUT2D eigenvalue weighted by molar-refractivity contribution is -0.144. The number of carboxylic acid groups (broad SMARTS) is 1. The normalized spacial score (nSPS) is 23.2. The van der Waals surface area contributed by atoms with Crippen molar-refractivity contribution in [1.82, 2.24) is 10.2 Å². The molecule has 0 heterocycles. The number of aliphatic carboxylic acids is 1. The molecular formula is C15H28N2O3. The van der Waals surface area contributed by atoms with E-state index in [1.807, 2.05) is 0 Å². The van der Waals surface area contributed by atoms with Crippen molar-refractivity contribution in [3.8, 4) is 0 Å². The third kappa shape index (κ3) is 3.44. The van der Waals surface area contributed by atoms with Crippen LogP contribution in [0.4, 0.5) is 4.79 Å². The minimum Gasteiger partial charge on any atom is -0.480 e. The molecule has 0 saturated heterocycles. The van der Waals surface area contributed by atoms with Gasteiger partial charge >= 0.3 is 12.0 Å². The summed E-state index contributed by atoms with van der Waals surface area (Å²) in [5, 5.41) is 12.1. The van der Waals surface area contributed by atoms with Gasteiger partial charge in [0.1, 0.15) is 5.54 Å². The van der Waals surface area contributed by atoms with E-state index >= 15 is 0 Å². The van der Waals surface area contributed by atoms with Gasteiger partial charge in [-0.25, -0.2) is 9.59 Å². The predicted octanol–water partition coefficient (Wildman–Crippen LogP) is 2.85. The van der Waals surface area contributed by atoms with Gasteiger partial charge in [-0.1, -0.05) is 33.6 Å². The maximum absolute atomic E-state index is 12.4. The summed E-state index contributed by atoms with van der Waals surface area (Å²) in [5.41, 5.74) is -1.15. The summed E-state index contributed by atoms with van der Waals surface area (Å²) in [4.78, 5) is 25.5. The Morgan fingerprint density at radius 1 is 1.25 bits per heavy atom. The zero-order chi connectivity index (χ0) is 15.3. The zero-order valence-corrected chi connectivity index (χ0v) is 13.1. The highest BCUT2D eigenvalue weighted by Gasteiger charge is 2.38. The minimum atomic E-state index is -1.15. The van der Waals surface area contributed by atoms with Gasteiger partial charge in [0.2, 0.25) is 0 Å². The van der Waals surface area contributed by atoms with E-state index in [9.17, 15) is 14.7 Å². The summed E-state index contributed by atoms with van der Waals surface area (Å²) in [5.74, 6) is -0.483. The summed E-state index contributed by atoms with van der Waals surface area (Å²) in [6.45, 7) is 5.75. The van der Waals surface area contributed by atoms with Crippen molar-refractivity contribution in [2.24, 2.45) is 5.92 Å². The lowest BCUT2D eigenvalue weighted by atomic mass is 9.85. The van der Waals surface area contributed by atoms with Crippen LogP contribution < -0.4 is 5.32 Å². The van der Waals surface area contributed by atoms with E-state index in [1.165, 1.54) is 6.42 Å². The van der Waals surface area contributed by atoms with Gasteiger partial charge in [0, 0.05) is 13.1 Å². The summed E-state index contributed by atoms with van der Waals surface area (Å²) < 4.78 is 0. The van der Waals surface area contributed by atoms with Gasteiger partial charge in [-0.05, 0) is 31.6 Å². The largest absolute Gasteiger partial charge is 0.480 e. The molecule has 0 aromatic heterocycles. The van der Waals surface area contributed by atoms with Crippen LogP contribution in [-0.4, -0.2) is 40.6 Å². The number of carboxylic acids is 1. The average Bonchev–Trinajstić information content (AvgIpc) is 2.44. The van der Waals surface area contributed by atoms with Gasteiger partial charge in [-0.2, -0.15) is 0 Å². The predicted molar refractivity (Wildman–Crippen MR) is 78.7 cm³/mol. The van der Waals surface area contributed by atoms with Crippen molar-refractivity contribution in [2.75, 3.05) is 7.05 Å². The van der Waals surface area contributed by atoms with E-state index in [2.05, 4.69) is 12.2 Å². The first kappa shape index (κ1) is 16.8. The first-order valence-electron chi connectivity index (χ1n) is 7.66. The fraction of sp³-hybridized carbons (Fsp3) is 0.867. The lowest BCUT2D eigenvalue weighted by Crippen LogP contribution is -2.58. The highest BCUT2D eigenvalue weighted by atomic mass is 16.4. The Hall–Kier alpha value is -1.26. The molecule has 5 nitrogen and oxygen atoms in total. The molecule has 2 atom stereocenters. The van der Waals surface area contributed by atoms with Gasteiger partial charge < -0.3 is 15.3 Å². The second-order valence-corrected chi connectivity index (χ2v) is 5.96. The molecule has 2 unspecified atom stereocenters. The van der Waals surface area contributed by atoms with Crippen molar-refractivity contribution in [2.45, 2.75) is 70.9 Å². The molecule has 1 aliphatic carbocycles. The molecule has 0 radical (unpaired) electrons. The van der Waals surface area contributed by atoms with Gasteiger partial charge in [0.15, 0.2) is 0 Å². The molecule has 20 heavy (non-hydrogen) atoms. The van der Waals surface area contributed by atoms with Gasteiger partial charge in [-0.15, -0.1) is 0 Å². The first-order valence-corrected chi connectivity index (χ1v) is 7.66. The van der Waals surface area contributed by atoms with Gasteiger partial charge in [0.25, 0.3) is 0 Å². The maximum Gasteiger partial charge on any atom is 0.329 e. The zero-order valence-electron chi connectivity index (χ0n) is 13.1. The molecule has 0 aliphatic heterocycles. The molecule has 2 N–H and O–H groups in total. The van der Waals surface area contributed by atoms with Crippen LogP contribution in [0.3, 0.4) is 0 Å². The molecular weight excluding hydrogens is 256 g/mol. The van der Waals surface area contributed by atoms with E-state index in [0.717, 1.165) is 19.3 Å². The molecule has 2 amide bonds. The number of hydrogen-bond donors (Lipinski definition) is 2. The second-order valence-electron chi connectivity index (χ2n) is 5.96. The average molecular weight is 284 g/mol. The molecule has 0 aromatic carbocycles. The third-order valence-electron chi connectivity index (χ3n) is 4.85. The van der Waals surface area contributed by atoms with Crippen LogP contribution >= 0.6 is 0 Å². The Bertz CT molecular complexity index is 353. The van der Waals surface area contributed by atoms with Gasteiger partial charge in [0.05, 0.1) is 0 Å². The number of amides is 2. The summed E-state index contributed by atoms with van der Waals surface area (Å²) in [6.07, 6.45) is 5.27. The smallest absolute Gasteiger partial charge is 0.329 e. The lowest BCUT2D eigenvalue weighted by Gasteiger charge is -2.38. The molecule has 5 heteroatoms. The number of nitrogens with one attached hydrogen (secondary N) is 1. The molecule has 1 saturated carbocycles. The van der Waals surface area contributed by atoms with E-state index in [1.54, 1.807) is 25.8 Å². The van der Waals surface area contributed by atoms with Crippen molar-refractivity contribution < 1.29 is 14.7 Å². The highest BCUT2D eigenvalue weighted by molar-refractivity contribution is 5.86. The van der Waals surface area contributed by atoms with Crippen LogP contribution in [0.2, 0.25) is 0 Å². The quantitative estimate of drug-likeness (QED) is 0.815. The Labute approximate surface area is 121 Å². The SMILES string of the molecule is CCC(CC)(NC(=O)N(C)C1CCCCC1C)C(=O)O. The fourth-order valence-corrected chi connectivity index (χ4v) is 3.10. The van der Waals surface area contributed by atoms with Crippen LogP contribution in [0.5, 0.6) is 0 Å². The number of nitrogens with zero attached hydrogens (tertiary/aromatic N) is 1. The molecule has 0 spiro atoms. The Kier molecular flexibility index (Phi) is 5.84. The Morgan fingerprint density at radius 3 is 2.25 bits per heavy atom. The molecule has 1 aliphatic rings. The van der Waals surface area contributed by atoms with Crippen molar-refractivity contribution in [3.05, 3.63) is 0 Å². The molecule has 0 bridgehead atoms. The van der Waals surface area contributed by atoms with Crippen LogP contribution in [0.1, 0.15) is 59.3 Å². The number of rotatable bonds is 5. The van der Waals surface area contributed by atoms with Crippen LogP contribution in [-0.2, 0) is 4.79 Å². The maximum atomic E-state index is 12.4.